The van der Waals surface area contributed by atoms with Gasteiger partial charge in [0, 0.05) is 6.54 Å². The van der Waals surface area contributed by atoms with Crippen molar-refractivity contribution in [2.45, 2.75) is 23.5 Å². The molecule has 1 aliphatic heterocycles. The number of carbonyl (C=O) groups excluding carboxylic acids is 1. The Bertz CT molecular complexity index is 635. The normalized spacial score (nSPS) is 24.0. The standard InChI is InChI=1S/C12H12N2O4S/c13-6-9-2-1-3-12(4-9)19(17,18)14-7-11(16)5-10(14)8-15/h1-4,8,10-11,16H,5,7H2/t10-,11-/m0/s1. The maximum absolute atomic E-state index is 12.4. The molecule has 0 aliphatic carbocycles. The fourth-order valence-corrected chi connectivity index (χ4v) is 3.73. The highest BCUT2D eigenvalue weighted by molar-refractivity contribution is 7.89. The average molecular weight is 280 g/mol. The van der Waals surface area contributed by atoms with Crippen LogP contribution >= 0.6 is 0 Å². The Hall–Kier alpha value is -1.75. The van der Waals surface area contributed by atoms with E-state index in [2.05, 4.69) is 0 Å². The molecule has 1 N–H and O–H groups in total. The van der Waals surface area contributed by atoms with E-state index in [0.29, 0.717) is 6.29 Å². The molecule has 1 aromatic carbocycles. The van der Waals surface area contributed by atoms with Crippen LogP contribution in [0.3, 0.4) is 0 Å². The number of carbonyl (C=O) groups is 1. The zero-order chi connectivity index (χ0) is 14.0. The van der Waals surface area contributed by atoms with Crippen LogP contribution in [0, 0.1) is 11.3 Å². The summed E-state index contributed by atoms with van der Waals surface area (Å²) < 4.78 is 25.7. The van der Waals surface area contributed by atoms with Gasteiger partial charge in [0.1, 0.15) is 6.29 Å². The van der Waals surface area contributed by atoms with Gasteiger partial charge in [0.25, 0.3) is 0 Å². The van der Waals surface area contributed by atoms with E-state index < -0.39 is 22.2 Å². The minimum absolute atomic E-state index is 0.0486. The molecule has 19 heavy (non-hydrogen) atoms. The summed E-state index contributed by atoms with van der Waals surface area (Å²) in [6, 6.07) is 6.58. The Morgan fingerprint density at radius 2 is 2.21 bits per heavy atom. The molecule has 0 amide bonds. The second kappa shape index (κ2) is 5.09. The smallest absolute Gasteiger partial charge is 0.243 e. The Labute approximate surface area is 110 Å². The molecule has 2 atom stereocenters. The molecule has 1 aliphatic rings. The molecule has 1 fully saturated rings. The van der Waals surface area contributed by atoms with Gasteiger partial charge in [-0.3, -0.25) is 0 Å². The van der Waals surface area contributed by atoms with Crippen molar-refractivity contribution in [1.29, 1.82) is 5.26 Å². The second-order valence-corrected chi connectivity index (χ2v) is 6.20. The monoisotopic (exact) mass is 280 g/mol. The van der Waals surface area contributed by atoms with Crippen molar-refractivity contribution < 1.29 is 18.3 Å². The highest BCUT2D eigenvalue weighted by Crippen LogP contribution is 2.25. The largest absolute Gasteiger partial charge is 0.392 e. The van der Waals surface area contributed by atoms with Crippen molar-refractivity contribution in [2.24, 2.45) is 0 Å². The Kier molecular flexibility index (Phi) is 3.66. The lowest BCUT2D eigenvalue weighted by atomic mass is 10.2. The van der Waals surface area contributed by atoms with Crippen LogP contribution in [0.15, 0.2) is 29.2 Å². The maximum Gasteiger partial charge on any atom is 0.243 e. The highest BCUT2D eigenvalue weighted by atomic mass is 32.2. The molecule has 0 unspecified atom stereocenters. The molecule has 0 spiro atoms. The van der Waals surface area contributed by atoms with E-state index in [-0.39, 0.29) is 23.4 Å². The van der Waals surface area contributed by atoms with Crippen molar-refractivity contribution in [3.8, 4) is 6.07 Å². The summed E-state index contributed by atoms with van der Waals surface area (Å²) in [4.78, 5) is 10.8. The molecule has 0 radical (unpaired) electrons. The predicted molar refractivity (Wildman–Crippen MR) is 65.5 cm³/mol. The topological polar surface area (TPSA) is 98.5 Å². The quantitative estimate of drug-likeness (QED) is 0.778. The van der Waals surface area contributed by atoms with Crippen LogP contribution in [-0.2, 0) is 14.8 Å². The van der Waals surface area contributed by atoms with Crippen molar-refractivity contribution in [3.63, 3.8) is 0 Å². The number of aliphatic hydroxyl groups excluding tert-OH is 1. The number of sulfonamides is 1. The van der Waals surface area contributed by atoms with Gasteiger partial charge in [-0.05, 0) is 24.6 Å². The fourth-order valence-electron chi connectivity index (χ4n) is 2.08. The van der Waals surface area contributed by atoms with Crippen LogP contribution in [0.1, 0.15) is 12.0 Å². The molecule has 7 heteroatoms. The number of aldehydes is 1. The van der Waals surface area contributed by atoms with Crippen molar-refractivity contribution in [2.75, 3.05) is 6.54 Å². The fraction of sp³-hybridized carbons (Fsp3) is 0.333. The van der Waals surface area contributed by atoms with E-state index in [1.165, 1.54) is 24.3 Å². The third-order valence-electron chi connectivity index (χ3n) is 3.00. The summed E-state index contributed by atoms with van der Waals surface area (Å²) in [5.74, 6) is 0. The molecule has 1 saturated heterocycles. The first-order valence-corrected chi connectivity index (χ1v) is 7.08. The van der Waals surface area contributed by atoms with E-state index >= 15 is 0 Å². The van der Waals surface area contributed by atoms with Gasteiger partial charge in [-0.1, -0.05) is 6.07 Å². The van der Waals surface area contributed by atoms with E-state index in [1.807, 2.05) is 6.07 Å². The van der Waals surface area contributed by atoms with E-state index in [1.54, 1.807) is 0 Å². The lowest BCUT2D eigenvalue weighted by Crippen LogP contribution is -2.36. The van der Waals surface area contributed by atoms with E-state index in [4.69, 9.17) is 5.26 Å². The summed E-state index contributed by atoms with van der Waals surface area (Å²) in [5.41, 5.74) is 0.225. The van der Waals surface area contributed by atoms with Gasteiger partial charge >= 0.3 is 0 Å². The zero-order valence-corrected chi connectivity index (χ0v) is 10.7. The first-order chi connectivity index (χ1) is 8.98. The van der Waals surface area contributed by atoms with Gasteiger partial charge in [-0.15, -0.1) is 0 Å². The molecule has 1 heterocycles. The van der Waals surface area contributed by atoms with Crippen molar-refractivity contribution >= 4 is 16.3 Å². The van der Waals surface area contributed by atoms with Gasteiger partial charge in [0.15, 0.2) is 0 Å². The van der Waals surface area contributed by atoms with Gasteiger partial charge in [0.05, 0.1) is 28.7 Å². The third-order valence-corrected chi connectivity index (χ3v) is 4.89. The third kappa shape index (κ3) is 2.51. The maximum atomic E-state index is 12.4. The highest BCUT2D eigenvalue weighted by Gasteiger charge is 2.39. The molecular formula is C12H12N2O4S. The first-order valence-electron chi connectivity index (χ1n) is 5.64. The van der Waals surface area contributed by atoms with Gasteiger partial charge in [-0.2, -0.15) is 9.57 Å². The van der Waals surface area contributed by atoms with Gasteiger partial charge in [-0.25, -0.2) is 8.42 Å². The Morgan fingerprint density at radius 3 is 2.84 bits per heavy atom. The average Bonchev–Trinajstić information content (AvgIpc) is 2.81. The first kappa shape index (κ1) is 13.7. The summed E-state index contributed by atoms with van der Waals surface area (Å²) >= 11 is 0. The molecule has 0 bridgehead atoms. The molecule has 100 valence electrons. The Morgan fingerprint density at radius 1 is 1.47 bits per heavy atom. The van der Waals surface area contributed by atoms with Crippen LogP contribution in [0.4, 0.5) is 0 Å². The van der Waals surface area contributed by atoms with Gasteiger partial charge in [0.2, 0.25) is 10.0 Å². The van der Waals surface area contributed by atoms with Crippen LogP contribution < -0.4 is 0 Å². The van der Waals surface area contributed by atoms with Crippen molar-refractivity contribution in [1.82, 2.24) is 4.31 Å². The number of benzene rings is 1. The predicted octanol–water partition coefficient (Wildman–Crippen LogP) is -0.119. The minimum Gasteiger partial charge on any atom is -0.392 e. The zero-order valence-electron chi connectivity index (χ0n) is 9.93. The summed E-state index contributed by atoms with van der Waals surface area (Å²) in [5, 5.41) is 18.3. The SMILES string of the molecule is N#Cc1cccc(S(=O)(=O)N2C[C@@H](O)C[C@H]2C=O)c1. The molecule has 2 rings (SSSR count). The molecule has 6 nitrogen and oxygen atoms in total. The Balaban J connectivity index is 2.42. The number of β-amino-alcohol motifs (C(OH)–C–C–N with tert-alkyl or cyclic N) is 1. The lowest BCUT2D eigenvalue weighted by Gasteiger charge is -2.19. The van der Waals surface area contributed by atoms with Crippen LogP contribution in [-0.4, -0.2) is 42.8 Å². The molecule has 0 aromatic heterocycles. The minimum atomic E-state index is -3.87. The molecule has 0 saturated carbocycles. The number of rotatable bonds is 3. The number of hydrogen-bond acceptors (Lipinski definition) is 5. The van der Waals surface area contributed by atoms with Crippen LogP contribution in [0.2, 0.25) is 0 Å². The molecule has 1 aromatic rings. The van der Waals surface area contributed by atoms with Crippen LogP contribution in [0.5, 0.6) is 0 Å². The summed E-state index contributed by atoms with van der Waals surface area (Å²) in [7, 11) is -3.87. The number of nitriles is 1. The van der Waals surface area contributed by atoms with Crippen LogP contribution in [0.25, 0.3) is 0 Å². The van der Waals surface area contributed by atoms with Gasteiger partial charge < -0.3 is 9.90 Å². The summed E-state index contributed by atoms with van der Waals surface area (Å²) in [6.07, 6.45) is -0.230. The number of nitrogens with zero attached hydrogens (tertiary/aromatic N) is 2. The summed E-state index contributed by atoms with van der Waals surface area (Å²) in [6.45, 7) is -0.109. The lowest BCUT2D eigenvalue weighted by molar-refractivity contribution is -0.110. The number of aliphatic hydroxyl groups is 1. The van der Waals surface area contributed by atoms with Crippen molar-refractivity contribution in [3.05, 3.63) is 29.8 Å². The van der Waals surface area contributed by atoms with E-state index in [9.17, 15) is 18.3 Å². The van der Waals surface area contributed by atoms with E-state index in [0.717, 1.165) is 4.31 Å². The number of hydrogen-bond donors (Lipinski definition) is 1. The second-order valence-electron chi connectivity index (χ2n) is 4.31. The molecular weight excluding hydrogens is 268 g/mol.